The summed E-state index contributed by atoms with van der Waals surface area (Å²) in [4.78, 5) is 12.3. The Balaban J connectivity index is 1.90. The predicted octanol–water partition coefficient (Wildman–Crippen LogP) is 3.90. The summed E-state index contributed by atoms with van der Waals surface area (Å²) in [5, 5.41) is 8.88. The number of nitrogens with zero attached hydrogens (tertiary/aromatic N) is 3. The Hall–Kier alpha value is -3.54. The molecule has 128 valence electrons. The zero-order valence-electron chi connectivity index (χ0n) is 13.9. The van der Waals surface area contributed by atoms with Gasteiger partial charge in [-0.2, -0.15) is 5.10 Å². The number of hydrogen-bond donors (Lipinski definition) is 0. The first-order chi connectivity index (χ1) is 12.6. The lowest BCUT2D eigenvalue weighted by Crippen LogP contribution is -2.20. The average Bonchev–Trinajstić information content (AvgIpc) is 3.09. The Morgan fingerprint density at radius 3 is 2.50 bits per heavy atom. The smallest absolute Gasteiger partial charge is 0.296 e. The molecule has 0 fully saturated rings. The molecule has 0 N–H and O–H groups in total. The van der Waals surface area contributed by atoms with Gasteiger partial charge in [-0.1, -0.05) is 53.7 Å². The highest BCUT2D eigenvalue weighted by atomic mass is 19.1. The van der Waals surface area contributed by atoms with Gasteiger partial charge in [0.1, 0.15) is 11.5 Å². The van der Waals surface area contributed by atoms with E-state index in [1.807, 2.05) is 30.3 Å². The molecule has 2 heterocycles. The Bertz CT molecular complexity index is 1160. The number of aryl methyl sites for hydroxylation is 1. The van der Waals surface area contributed by atoms with Crippen molar-refractivity contribution < 1.29 is 8.91 Å². The van der Waals surface area contributed by atoms with E-state index in [1.54, 1.807) is 31.3 Å². The molecule has 0 amide bonds. The third-order valence-corrected chi connectivity index (χ3v) is 4.05. The van der Waals surface area contributed by atoms with Gasteiger partial charge >= 0.3 is 0 Å². The molecule has 0 aliphatic rings. The second kappa shape index (κ2) is 6.40. The molecule has 2 aromatic heterocycles. The Morgan fingerprint density at radius 1 is 1.04 bits per heavy atom. The summed E-state index contributed by atoms with van der Waals surface area (Å²) >= 11 is 0. The largest absolute Gasteiger partial charge is 0.355 e. The van der Waals surface area contributed by atoms with Crippen LogP contribution in [0.3, 0.4) is 0 Å². The maximum Gasteiger partial charge on any atom is 0.296 e. The molecule has 6 heteroatoms. The van der Waals surface area contributed by atoms with Crippen molar-refractivity contribution in [3.05, 3.63) is 82.1 Å². The van der Waals surface area contributed by atoms with E-state index in [0.29, 0.717) is 16.8 Å². The first-order valence-corrected chi connectivity index (χ1v) is 7.99. The molecule has 0 aliphatic heterocycles. The van der Waals surface area contributed by atoms with E-state index in [2.05, 4.69) is 10.3 Å². The monoisotopic (exact) mass is 347 g/mol. The fraction of sp³-hybridized carbons (Fsp3) is 0.0500. The van der Waals surface area contributed by atoms with Crippen LogP contribution in [0.4, 0.5) is 4.39 Å². The van der Waals surface area contributed by atoms with Crippen molar-refractivity contribution in [1.82, 2.24) is 14.9 Å². The standard InChI is InChI=1S/C20H14FN3O2/c1-24-20(25)19-17(18(22-24)14-5-3-2-4-6-14)16(26-23-19)12-9-13-7-10-15(21)11-8-13/h2-12H,1H3/b12-9+. The van der Waals surface area contributed by atoms with Crippen LogP contribution in [0.2, 0.25) is 0 Å². The lowest BCUT2D eigenvalue weighted by Gasteiger charge is -2.04. The number of halogens is 1. The van der Waals surface area contributed by atoms with Crippen molar-refractivity contribution in [3.8, 4) is 11.3 Å². The lowest BCUT2D eigenvalue weighted by atomic mass is 10.1. The Labute approximate surface area is 148 Å². The molecule has 5 nitrogen and oxygen atoms in total. The van der Waals surface area contributed by atoms with Crippen LogP contribution in [-0.4, -0.2) is 14.9 Å². The maximum absolute atomic E-state index is 13.0. The van der Waals surface area contributed by atoms with Gasteiger partial charge in [-0.05, 0) is 23.8 Å². The summed E-state index contributed by atoms with van der Waals surface area (Å²) in [6, 6.07) is 15.6. The first kappa shape index (κ1) is 16.0. The van der Waals surface area contributed by atoms with Crippen molar-refractivity contribution in [3.63, 3.8) is 0 Å². The number of aromatic nitrogens is 3. The SMILES string of the molecule is Cn1nc(-c2ccccc2)c2c(/C=C/c3ccc(F)cc3)onc2c1=O. The molecular weight excluding hydrogens is 333 g/mol. The van der Waals surface area contributed by atoms with E-state index >= 15 is 0 Å². The average molecular weight is 347 g/mol. The molecule has 0 radical (unpaired) electrons. The molecule has 0 unspecified atom stereocenters. The molecule has 4 aromatic rings. The van der Waals surface area contributed by atoms with Gasteiger partial charge in [0.05, 0.1) is 5.39 Å². The van der Waals surface area contributed by atoms with Gasteiger partial charge in [-0.15, -0.1) is 0 Å². The molecule has 26 heavy (non-hydrogen) atoms. The van der Waals surface area contributed by atoms with Gasteiger partial charge in [0.2, 0.25) is 0 Å². The summed E-state index contributed by atoms with van der Waals surface area (Å²) in [6.45, 7) is 0. The highest BCUT2D eigenvalue weighted by molar-refractivity contribution is 5.97. The summed E-state index contributed by atoms with van der Waals surface area (Å²) < 4.78 is 19.7. The normalized spacial score (nSPS) is 11.5. The molecule has 0 atom stereocenters. The fourth-order valence-corrected chi connectivity index (χ4v) is 2.73. The van der Waals surface area contributed by atoms with E-state index in [4.69, 9.17) is 4.52 Å². The van der Waals surface area contributed by atoms with Crippen LogP contribution in [0.15, 0.2) is 63.9 Å². The van der Waals surface area contributed by atoms with Gasteiger partial charge in [-0.3, -0.25) is 4.79 Å². The van der Waals surface area contributed by atoms with Crippen LogP contribution in [0, 0.1) is 5.82 Å². The number of hydrogen-bond acceptors (Lipinski definition) is 4. The second-order valence-electron chi connectivity index (χ2n) is 5.80. The van der Waals surface area contributed by atoms with E-state index in [-0.39, 0.29) is 16.9 Å². The van der Waals surface area contributed by atoms with Gasteiger partial charge < -0.3 is 4.52 Å². The van der Waals surface area contributed by atoms with Crippen molar-refractivity contribution >= 4 is 23.1 Å². The van der Waals surface area contributed by atoms with Gasteiger partial charge in [0.25, 0.3) is 5.56 Å². The summed E-state index contributed by atoms with van der Waals surface area (Å²) in [7, 11) is 1.58. The number of fused-ring (bicyclic) bond motifs is 1. The van der Waals surface area contributed by atoms with Crippen LogP contribution in [0.5, 0.6) is 0 Å². The Morgan fingerprint density at radius 2 is 1.77 bits per heavy atom. The zero-order valence-corrected chi connectivity index (χ0v) is 13.9. The van der Waals surface area contributed by atoms with Crippen molar-refractivity contribution in [2.45, 2.75) is 0 Å². The summed E-state index contributed by atoms with van der Waals surface area (Å²) in [5.74, 6) is 0.125. The number of rotatable bonds is 3. The van der Waals surface area contributed by atoms with E-state index in [1.165, 1.54) is 16.8 Å². The van der Waals surface area contributed by atoms with E-state index < -0.39 is 0 Å². The minimum absolute atomic E-state index is 0.222. The highest BCUT2D eigenvalue weighted by Crippen LogP contribution is 2.28. The molecule has 0 bridgehead atoms. The third-order valence-electron chi connectivity index (χ3n) is 4.05. The topological polar surface area (TPSA) is 60.9 Å². The van der Waals surface area contributed by atoms with Gasteiger partial charge in [-0.25, -0.2) is 9.07 Å². The van der Waals surface area contributed by atoms with Gasteiger partial charge in [0.15, 0.2) is 11.3 Å². The molecule has 0 saturated carbocycles. The predicted molar refractivity (Wildman–Crippen MR) is 97.8 cm³/mol. The quantitative estimate of drug-likeness (QED) is 0.564. The van der Waals surface area contributed by atoms with Gasteiger partial charge in [0, 0.05) is 12.6 Å². The minimum atomic E-state index is -0.329. The minimum Gasteiger partial charge on any atom is -0.355 e. The fourth-order valence-electron chi connectivity index (χ4n) is 2.73. The molecular formula is C20H14FN3O2. The second-order valence-corrected chi connectivity index (χ2v) is 5.80. The van der Waals surface area contributed by atoms with Crippen molar-refractivity contribution in [2.75, 3.05) is 0 Å². The van der Waals surface area contributed by atoms with Crippen LogP contribution in [-0.2, 0) is 7.05 Å². The van der Waals surface area contributed by atoms with Crippen molar-refractivity contribution in [1.29, 1.82) is 0 Å². The van der Waals surface area contributed by atoms with Crippen LogP contribution in [0.1, 0.15) is 11.3 Å². The third kappa shape index (κ3) is 2.82. The molecule has 0 aliphatic carbocycles. The van der Waals surface area contributed by atoms with Crippen LogP contribution in [0.25, 0.3) is 34.3 Å². The molecule has 0 saturated heterocycles. The summed E-state index contributed by atoms with van der Waals surface area (Å²) in [6.07, 6.45) is 3.47. The molecule has 2 aromatic carbocycles. The van der Waals surface area contributed by atoms with E-state index in [9.17, 15) is 9.18 Å². The number of benzene rings is 2. The zero-order chi connectivity index (χ0) is 18.1. The first-order valence-electron chi connectivity index (χ1n) is 7.99. The maximum atomic E-state index is 13.0. The van der Waals surface area contributed by atoms with E-state index in [0.717, 1.165) is 11.1 Å². The van der Waals surface area contributed by atoms with Crippen LogP contribution < -0.4 is 5.56 Å². The Kier molecular flexibility index (Phi) is 3.93. The molecule has 0 spiro atoms. The van der Waals surface area contributed by atoms with Crippen molar-refractivity contribution in [2.24, 2.45) is 7.05 Å². The lowest BCUT2D eigenvalue weighted by molar-refractivity contribution is 0.420. The summed E-state index contributed by atoms with van der Waals surface area (Å²) in [5.41, 5.74) is 2.16. The molecule has 4 rings (SSSR count). The van der Waals surface area contributed by atoms with Crippen LogP contribution >= 0.6 is 0 Å². The highest BCUT2D eigenvalue weighted by Gasteiger charge is 2.18.